The van der Waals surface area contributed by atoms with Crippen LogP contribution in [0.5, 0.6) is 0 Å². The van der Waals surface area contributed by atoms with Crippen molar-refractivity contribution >= 4 is 78.6 Å². The quantitative estimate of drug-likeness (QED) is 0.342. The van der Waals surface area contributed by atoms with Gasteiger partial charge in [0.2, 0.25) is 5.95 Å². The Hall–Kier alpha value is -2.97. The Labute approximate surface area is 261 Å². The molecule has 1 saturated heterocycles. The summed E-state index contributed by atoms with van der Waals surface area (Å²) in [5.41, 5.74) is -0.214. The number of halogens is 3. The van der Waals surface area contributed by atoms with Gasteiger partial charge in [-0.2, -0.15) is 4.31 Å². The SMILES string of the molecule is CC(=O)OCC(=O)N1CCN(S(=O)(=O)c2cnc3n2[C@](C)(Cc2ccc(Br)cc2)C(=O)N3c2cc(Cl)cc(Cl)c2)CC1. The number of sulfonamides is 1. The van der Waals surface area contributed by atoms with Crippen LogP contribution < -0.4 is 4.90 Å². The number of hydrogen-bond acceptors (Lipinski definition) is 7. The second-order valence-corrected chi connectivity index (χ2v) is 13.8. The minimum absolute atomic E-state index is 0.0135. The fourth-order valence-electron chi connectivity index (χ4n) is 5.18. The van der Waals surface area contributed by atoms with Gasteiger partial charge >= 0.3 is 5.97 Å². The van der Waals surface area contributed by atoms with E-state index in [0.717, 1.165) is 10.0 Å². The molecule has 1 atom stereocenters. The highest BCUT2D eigenvalue weighted by Gasteiger charge is 2.52. The molecule has 0 unspecified atom stereocenters. The first kappa shape index (κ1) is 30.5. The predicted octanol–water partition coefficient (Wildman–Crippen LogP) is 3.98. The normalized spacial score (nSPS) is 19.2. The molecule has 0 saturated carbocycles. The van der Waals surface area contributed by atoms with Crippen molar-refractivity contribution in [2.24, 2.45) is 0 Å². The van der Waals surface area contributed by atoms with Crippen LogP contribution in [0.1, 0.15) is 19.4 Å². The van der Waals surface area contributed by atoms with Gasteiger partial charge in [-0.25, -0.2) is 18.3 Å². The molecule has 42 heavy (non-hydrogen) atoms. The van der Waals surface area contributed by atoms with Gasteiger partial charge in [0, 0.05) is 54.0 Å². The summed E-state index contributed by atoms with van der Waals surface area (Å²) in [5, 5.41) is 0.457. The van der Waals surface area contributed by atoms with E-state index in [9.17, 15) is 22.8 Å². The maximum absolute atomic E-state index is 14.2. The lowest BCUT2D eigenvalue weighted by molar-refractivity contribution is -0.150. The summed E-state index contributed by atoms with van der Waals surface area (Å²) in [6.45, 7) is 2.74. The maximum Gasteiger partial charge on any atom is 0.303 e. The lowest BCUT2D eigenvalue weighted by atomic mass is 9.92. The molecule has 1 aromatic heterocycles. The van der Waals surface area contributed by atoms with Crippen molar-refractivity contribution < 1.29 is 27.5 Å². The van der Waals surface area contributed by atoms with Gasteiger partial charge in [-0.15, -0.1) is 0 Å². The Morgan fingerprint density at radius 3 is 2.26 bits per heavy atom. The number of carbonyl (C=O) groups excluding carboxylic acids is 3. The van der Waals surface area contributed by atoms with Crippen molar-refractivity contribution in [3.63, 3.8) is 0 Å². The van der Waals surface area contributed by atoms with Crippen LogP contribution in [0.3, 0.4) is 0 Å². The molecule has 2 amide bonds. The van der Waals surface area contributed by atoms with Crippen LogP contribution in [0.2, 0.25) is 10.0 Å². The van der Waals surface area contributed by atoms with Crippen LogP contribution in [-0.2, 0) is 41.1 Å². The molecule has 0 spiro atoms. The molecule has 2 aliphatic heterocycles. The highest BCUT2D eigenvalue weighted by atomic mass is 79.9. The molecular weight excluding hydrogens is 673 g/mol. The first-order valence-electron chi connectivity index (χ1n) is 12.9. The zero-order chi connectivity index (χ0) is 30.4. The lowest BCUT2D eigenvalue weighted by Gasteiger charge is -2.34. The predicted molar refractivity (Wildman–Crippen MR) is 159 cm³/mol. The minimum Gasteiger partial charge on any atom is -0.456 e. The largest absolute Gasteiger partial charge is 0.456 e. The van der Waals surface area contributed by atoms with E-state index in [-0.39, 0.29) is 43.6 Å². The first-order valence-corrected chi connectivity index (χ1v) is 15.8. The number of anilines is 2. The highest BCUT2D eigenvalue weighted by Crippen LogP contribution is 2.45. The lowest BCUT2D eigenvalue weighted by Crippen LogP contribution is -2.52. The Kier molecular flexibility index (Phi) is 8.42. The van der Waals surface area contributed by atoms with E-state index < -0.39 is 40.0 Å². The van der Waals surface area contributed by atoms with Gasteiger partial charge in [0.25, 0.3) is 21.8 Å². The Morgan fingerprint density at radius 2 is 1.67 bits per heavy atom. The number of esters is 1. The summed E-state index contributed by atoms with van der Waals surface area (Å²) in [6.07, 6.45) is 1.42. The van der Waals surface area contributed by atoms with Crippen LogP contribution in [0.25, 0.3) is 0 Å². The molecule has 222 valence electrons. The molecule has 3 heterocycles. The van der Waals surface area contributed by atoms with Crippen LogP contribution in [0.4, 0.5) is 11.6 Å². The van der Waals surface area contributed by atoms with Crippen LogP contribution in [-0.4, -0.2) is 77.7 Å². The van der Waals surface area contributed by atoms with Crippen molar-refractivity contribution in [3.8, 4) is 0 Å². The van der Waals surface area contributed by atoms with Crippen molar-refractivity contribution in [1.29, 1.82) is 0 Å². The fourth-order valence-corrected chi connectivity index (χ4v) is 7.57. The van der Waals surface area contributed by atoms with E-state index in [1.54, 1.807) is 19.1 Å². The number of piperazine rings is 1. The molecule has 3 aromatic rings. The van der Waals surface area contributed by atoms with Gasteiger partial charge in [0.15, 0.2) is 11.6 Å². The zero-order valence-electron chi connectivity index (χ0n) is 22.6. The van der Waals surface area contributed by atoms with E-state index in [0.29, 0.717) is 15.7 Å². The van der Waals surface area contributed by atoms with Crippen molar-refractivity contribution in [1.82, 2.24) is 18.8 Å². The summed E-state index contributed by atoms with van der Waals surface area (Å²) >= 11 is 15.9. The van der Waals surface area contributed by atoms with E-state index in [1.165, 1.54) is 37.9 Å². The minimum atomic E-state index is -4.16. The average Bonchev–Trinajstić information content (AvgIpc) is 3.46. The van der Waals surface area contributed by atoms with Gasteiger partial charge in [-0.05, 0) is 42.8 Å². The summed E-state index contributed by atoms with van der Waals surface area (Å²) in [6, 6.07) is 12.1. The number of fused-ring (bicyclic) bond motifs is 1. The Morgan fingerprint density at radius 1 is 1.05 bits per heavy atom. The molecule has 1 fully saturated rings. The second kappa shape index (κ2) is 11.6. The molecule has 0 bridgehead atoms. The van der Waals surface area contributed by atoms with Crippen molar-refractivity contribution in [3.05, 3.63) is 68.7 Å². The highest BCUT2D eigenvalue weighted by molar-refractivity contribution is 9.10. The third-order valence-electron chi connectivity index (χ3n) is 7.23. The van der Waals surface area contributed by atoms with E-state index in [2.05, 4.69) is 20.9 Å². The van der Waals surface area contributed by atoms with Gasteiger partial charge in [-0.3, -0.25) is 19.0 Å². The molecule has 15 heteroatoms. The number of aromatic nitrogens is 2. The number of hydrogen-bond donors (Lipinski definition) is 0. The van der Waals surface area contributed by atoms with Gasteiger partial charge in [0.1, 0.15) is 5.54 Å². The maximum atomic E-state index is 14.2. The molecule has 2 aliphatic rings. The summed E-state index contributed by atoms with van der Waals surface area (Å²) < 4.78 is 36.5. The molecular formula is C27H26BrCl2N5O6S. The monoisotopic (exact) mass is 697 g/mol. The topological polar surface area (TPSA) is 122 Å². The smallest absolute Gasteiger partial charge is 0.303 e. The number of amides is 2. The summed E-state index contributed by atoms with van der Waals surface area (Å²) in [4.78, 5) is 44.8. The number of carbonyl (C=O) groups is 3. The van der Waals surface area contributed by atoms with Gasteiger partial charge in [0.05, 0.1) is 11.9 Å². The van der Waals surface area contributed by atoms with E-state index in [4.69, 9.17) is 27.9 Å². The second-order valence-electron chi connectivity index (χ2n) is 10.1. The third kappa shape index (κ3) is 5.68. The van der Waals surface area contributed by atoms with Crippen LogP contribution in [0.15, 0.2) is 58.2 Å². The van der Waals surface area contributed by atoms with Crippen LogP contribution >= 0.6 is 39.1 Å². The molecule has 0 N–H and O–H groups in total. The molecule has 2 aromatic carbocycles. The van der Waals surface area contributed by atoms with E-state index >= 15 is 0 Å². The molecule has 0 aliphatic carbocycles. The Bertz CT molecular complexity index is 1650. The Balaban J connectivity index is 1.52. The average molecular weight is 699 g/mol. The van der Waals surface area contributed by atoms with Crippen molar-refractivity contribution in [2.75, 3.05) is 37.7 Å². The summed E-state index contributed by atoms with van der Waals surface area (Å²) in [5.74, 6) is -1.26. The van der Waals surface area contributed by atoms with Gasteiger partial charge in [-0.1, -0.05) is 51.3 Å². The number of rotatable bonds is 7. The zero-order valence-corrected chi connectivity index (χ0v) is 26.5. The van der Waals surface area contributed by atoms with Crippen LogP contribution in [0, 0.1) is 0 Å². The molecule has 11 nitrogen and oxygen atoms in total. The standard InChI is InChI=1S/C27H26BrCl2N5O6S/c1-17(36)41-16-23(37)32-7-9-33(10-8-32)42(39,40)24-15-31-26-34(22-12-20(29)11-21(30)13-22)25(38)27(2,35(24)26)14-18-3-5-19(28)6-4-18/h3-6,11-13,15H,7-10,14,16H2,1-2H3/t27-/m1/s1. The summed E-state index contributed by atoms with van der Waals surface area (Å²) in [7, 11) is -4.16. The number of imidazole rings is 1. The number of ether oxygens (including phenoxy) is 1. The van der Waals surface area contributed by atoms with Gasteiger partial charge < -0.3 is 9.64 Å². The molecule has 5 rings (SSSR count). The van der Waals surface area contributed by atoms with E-state index in [1.807, 2.05) is 24.3 Å². The van der Waals surface area contributed by atoms with Crippen molar-refractivity contribution in [2.45, 2.75) is 30.8 Å². The molecule has 0 radical (unpaired) electrons. The third-order valence-corrected chi connectivity index (χ3v) is 10.1. The first-order chi connectivity index (χ1) is 19.8. The number of nitrogens with zero attached hydrogens (tertiary/aromatic N) is 5. The number of benzene rings is 2. The fraction of sp³-hybridized carbons (Fsp3) is 0.333.